The van der Waals surface area contributed by atoms with Crippen molar-refractivity contribution in [1.29, 1.82) is 5.41 Å². The molecule has 4 rings (SSSR count). The van der Waals surface area contributed by atoms with Crippen LogP contribution in [0.15, 0.2) is 30.6 Å². The van der Waals surface area contributed by atoms with Gasteiger partial charge in [0.1, 0.15) is 5.52 Å². The Bertz CT molecular complexity index is 825. The summed E-state index contributed by atoms with van der Waals surface area (Å²) >= 11 is 6.16. The van der Waals surface area contributed by atoms with Gasteiger partial charge in [0.2, 0.25) is 0 Å². The van der Waals surface area contributed by atoms with Crippen LogP contribution >= 0.6 is 11.6 Å². The van der Waals surface area contributed by atoms with Crippen LogP contribution in [0.4, 0.5) is 0 Å². The number of nitrogens with one attached hydrogen (secondary N) is 2. The lowest BCUT2D eigenvalue weighted by atomic mass is 9.89. The number of halogens is 1. The van der Waals surface area contributed by atoms with Crippen molar-refractivity contribution in [2.24, 2.45) is 5.92 Å². The maximum absolute atomic E-state index is 9.41. The number of aromatic nitrogens is 2. The van der Waals surface area contributed by atoms with E-state index in [1.165, 1.54) is 0 Å². The highest BCUT2D eigenvalue weighted by Crippen LogP contribution is 2.35. The number of para-hydroxylation sites is 1. The van der Waals surface area contributed by atoms with Crippen LogP contribution in [-0.4, -0.2) is 32.9 Å². The lowest BCUT2D eigenvalue weighted by Crippen LogP contribution is -2.42. The van der Waals surface area contributed by atoms with E-state index in [-0.39, 0.29) is 12.1 Å². The molecule has 0 spiro atoms. The van der Waals surface area contributed by atoms with Crippen LogP contribution in [0, 0.1) is 11.3 Å². The molecule has 0 saturated heterocycles. The molecule has 0 radical (unpaired) electrons. The molecule has 2 aliphatic carbocycles. The Labute approximate surface area is 145 Å². The summed E-state index contributed by atoms with van der Waals surface area (Å²) in [6, 6.07) is 5.80. The van der Waals surface area contributed by atoms with Gasteiger partial charge in [0.15, 0.2) is 0 Å². The highest BCUT2D eigenvalue weighted by Gasteiger charge is 2.31. The molecule has 1 heterocycles. The molecule has 6 heteroatoms. The zero-order chi connectivity index (χ0) is 16.7. The van der Waals surface area contributed by atoms with Crippen molar-refractivity contribution >= 4 is 33.9 Å². The SMILES string of the molecule is N=C(/C(=C\NC1CC(O)C1)c1cnc2c(Cl)cccc2n1)C1CC1. The molecule has 0 bridgehead atoms. The predicted molar refractivity (Wildman–Crippen MR) is 95.1 cm³/mol. The van der Waals surface area contributed by atoms with Crippen LogP contribution in [0.5, 0.6) is 0 Å². The Morgan fingerprint density at radius 3 is 2.83 bits per heavy atom. The summed E-state index contributed by atoms with van der Waals surface area (Å²) in [5.41, 5.74) is 3.49. The number of fused-ring (bicyclic) bond motifs is 1. The first-order valence-electron chi connectivity index (χ1n) is 8.26. The topological polar surface area (TPSA) is 81.9 Å². The molecule has 24 heavy (non-hydrogen) atoms. The Hall–Kier alpha value is -1.98. The lowest BCUT2D eigenvalue weighted by Gasteiger charge is -2.31. The number of aliphatic hydroxyl groups is 1. The van der Waals surface area contributed by atoms with E-state index in [0.717, 1.165) is 36.8 Å². The molecule has 2 fully saturated rings. The van der Waals surface area contributed by atoms with E-state index in [1.807, 2.05) is 18.3 Å². The first-order valence-corrected chi connectivity index (χ1v) is 8.64. The third-order valence-electron chi connectivity index (χ3n) is 4.65. The van der Waals surface area contributed by atoms with Gasteiger partial charge in [-0.05, 0) is 37.8 Å². The van der Waals surface area contributed by atoms with E-state index >= 15 is 0 Å². The maximum atomic E-state index is 9.41. The summed E-state index contributed by atoms with van der Waals surface area (Å²) in [5, 5.41) is 21.8. The largest absolute Gasteiger partial charge is 0.393 e. The summed E-state index contributed by atoms with van der Waals surface area (Å²) in [6.45, 7) is 0. The summed E-state index contributed by atoms with van der Waals surface area (Å²) < 4.78 is 0. The molecule has 2 saturated carbocycles. The molecule has 124 valence electrons. The number of benzene rings is 1. The monoisotopic (exact) mass is 342 g/mol. The van der Waals surface area contributed by atoms with Crippen molar-refractivity contribution < 1.29 is 5.11 Å². The van der Waals surface area contributed by atoms with Crippen molar-refractivity contribution in [2.45, 2.75) is 37.8 Å². The van der Waals surface area contributed by atoms with Gasteiger partial charge in [0.05, 0.1) is 28.5 Å². The number of nitrogens with zero attached hydrogens (tertiary/aromatic N) is 2. The highest BCUT2D eigenvalue weighted by atomic mass is 35.5. The minimum absolute atomic E-state index is 0.204. The molecule has 2 aromatic rings. The van der Waals surface area contributed by atoms with E-state index in [0.29, 0.717) is 27.9 Å². The van der Waals surface area contributed by atoms with Gasteiger partial charge in [-0.25, -0.2) is 4.98 Å². The molecule has 1 aromatic heterocycles. The second-order valence-electron chi connectivity index (χ2n) is 6.60. The summed E-state index contributed by atoms with van der Waals surface area (Å²) in [5.74, 6) is 0.321. The fraction of sp³-hybridized carbons (Fsp3) is 0.389. The Balaban J connectivity index is 1.67. The van der Waals surface area contributed by atoms with E-state index in [1.54, 1.807) is 12.3 Å². The average Bonchev–Trinajstić information content (AvgIpc) is 3.38. The molecule has 0 aliphatic heterocycles. The van der Waals surface area contributed by atoms with Crippen LogP contribution in [0.3, 0.4) is 0 Å². The van der Waals surface area contributed by atoms with Crippen molar-refractivity contribution in [1.82, 2.24) is 15.3 Å². The van der Waals surface area contributed by atoms with E-state index in [2.05, 4.69) is 15.3 Å². The normalized spacial score (nSPS) is 23.8. The fourth-order valence-corrected chi connectivity index (χ4v) is 3.16. The Kier molecular flexibility index (Phi) is 3.98. The average molecular weight is 343 g/mol. The number of aliphatic hydroxyl groups excluding tert-OH is 1. The molecule has 0 unspecified atom stereocenters. The van der Waals surface area contributed by atoms with Crippen LogP contribution in [-0.2, 0) is 0 Å². The quantitative estimate of drug-likeness (QED) is 0.729. The lowest BCUT2D eigenvalue weighted by molar-refractivity contribution is 0.0678. The molecular weight excluding hydrogens is 324 g/mol. The number of hydrogen-bond donors (Lipinski definition) is 3. The molecule has 1 aromatic carbocycles. The highest BCUT2D eigenvalue weighted by molar-refractivity contribution is 6.34. The molecule has 0 atom stereocenters. The first kappa shape index (κ1) is 15.5. The smallest absolute Gasteiger partial charge is 0.107 e. The van der Waals surface area contributed by atoms with E-state index < -0.39 is 0 Å². The number of rotatable bonds is 5. The van der Waals surface area contributed by atoms with Gasteiger partial charge >= 0.3 is 0 Å². The van der Waals surface area contributed by atoms with Gasteiger partial charge in [-0.3, -0.25) is 4.98 Å². The van der Waals surface area contributed by atoms with E-state index in [4.69, 9.17) is 17.0 Å². The van der Waals surface area contributed by atoms with Crippen molar-refractivity contribution in [3.05, 3.63) is 41.3 Å². The summed E-state index contributed by atoms with van der Waals surface area (Å²) in [4.78, 5) is 9.10. The third-order valence-corrected chi connectivity index (χ3v) is 4.96. The van der Waals surface area contributed by atoms with Gasteiger partial charge < -0.3 is 15.8 Å². The van der Waals surface area contributed by atoms with Gasteiger partial charge in [-0.1, -0.05) is 17.7 Å². The van der Waals surface area contributed by atoms with Crippen LogP contribution in [0.2, 0.25) is 5.02 Å². The van der Waals surface area contributed by atoms with Crippen LogP contribution in [0.1, 0.15) is 31.4 Å². The molecule has 2 aliphatic rings. The van der Waals surface area contributed by atoms with Gasteiger partial charge in [-0.15, -0.1) is 0 Å². The Morgan fingerprint density at radius 1 is 1.33 bits per heavy atom. The van der Waals surface area contributed by atoms with E-state index in [9.17, 15) is 5.11 Å². The zero-order valence-electron chi connectivity index (χ0n) is 13.2. The van der Waals surface area contributed by atoms with Crippen molar-refractivity contribution in [3.63, 3.8) is 0 Å². The summed E-state index contributed by atoms with van der Waals surface area (Å²) in [6.07, 6.45) is 6.98. The number of allylic oxidation sites excluding steroid dienone is 1. The van der Waals surface area contributed by atoms with Crippen molar-refractivity contribution in [2.75, 3.05) is 0 Å². The Morgan fingerprint density at radius 2 is 2.12 bits per heavy atom. The molecule has 3 N–H and O–H groups in total. The van der Waals surface area contributed by atoms with Crippen molar-refractivity contribution in [3.8, 4) is 0 Å². The number of hydrogen-bond acceptors (Lipinski definition) is 5. The second kappa shape index (κ2) is 6.15. The van der Waals surface area contributed by atoms with Gasteiger partial charge in [0, 0.05) is 29.4 Å². The first-order chi connectivity index (χ1) is 11.6. The predicted octanol–water partition coefficient (Wildman–Crippen LogP) is 3.17. The van der Waals surface area contributed by atoms with Crippen LogP contribution < -0.4 is 5.32 Å². The minimum atomic E-state index is -0.204. The second-order valence-corrected chi connectivity index (χ2v) is 7.00. The third kappa shape index (κ3) is 3.01. The van der Waals surface area contributed by atoms with Gasteiger partial charge in [-0.2, -0.15) is 0 Å². The maximum Gasteiger partial charge on any atom is 0.107 e. The van der Waals surface area contributed by atoms with Gasteiger partial charge in [0.25, 0.3) is 0 Å². The standard InChI is InChI=1S/C18H19ClN4O/c19-14-2-1-3-15-18(14)22-9-16(23-15)13(17(20)10-4-5-10)8-21-11-6-12(24)7-11/h1-3,8-12,20-21,24H,4-7H2/b13-8-,20-17?. The molecule has 0 amide bonds. The molecular formula is C18H19ClN4O. The molecule has 5 nitrogen and oxygen atoms in total. The minimum Gasteiger partial charge on any atom is -0.393 e. The summed E-state index contributed by atoms with van der Waals surface area (Å²) in [7, 11) is 0. The van der Waals surface area contributed by atoms with Crippen LogP contribution in [0.25, 0.3) is 16.6 Å². The zero-order valence-corrected chi connectivity index (χ0v) is 13.9. The fourth-order valence-electron chi connectivity index (χ4n) is 2.94.